The Bertz CT molecular complexity index is 528. The molecule has 0 bridgehead atoms. The Labute approximate surface area is 125 Å². The summed E-state index contributed by atoms with van der Waals surface area (Å²) in [5, 5.41) is 12.9. The van der Waals surface area contributed by atoms with Gasteiger partial charge in [-0.2, -0.15) is 0 Å². The minimum absolute atomic E-state index is 0.511. The van der Waals surface area contributed by atoms with Crippen LogP contribution in [0.5, 0.6) is 0 Å². The molecule has 5 heteroatoms. The van der Waals surface area contributed by atoms with Crippen molar-refractivity contribution in [3.63, 3.8) is 0 Å². The lowest BCUT2D eigenvalue weighted by Gasteiger charge is -2.45. The third-order valence-corrected chi connectivity index (χ3v) is 4.74. The molecule has 5 nitrogen and oxygen atoms in total. The van der Waals surface area contributed by atoms with Gasteiger partial charge in [-0.05, 0) is 25.8 Å². The second-order valence-corrected chi connectivity index (χ2v) is 6.10. The van der Waals surface area contributed by atoms with Crippen LogP contribution in [-0.4, -0.2) is 48.8 Å². The Morgan fingerprint density at radius 3 is 2.67 bits per heavy atom. The van der Waals surface area contributed by atoms with Crippen LogP contribution in [0.15, 0.2) is 24.3 Å². The highest BCUT2D eigenvalue weighted by Crippen LogP contribution is 2.37. The molecule has 1 unspecified atom stereocenters. The summed E-state index contributed by atoms with van der Waals surface area (Å²) in [5.41, 5.74) is 1.79. The number of hydrogen-bond donors (Lipinski definition) is 2. The topological polar surface area (TPSA) is 55.8 Å². The van der Waals surface area contributed by atoms with Crippen LogP contribution >= 0.6 is 0 Å². The summed E-state index contributed by atoms with van der Waals surface area (Å²) < 4.78 is 0. The fourth-order valence-corrected chi connectivity index (χ4v) is 3.58. The lowest BCUT2D eigenvalue weighted by molar-refractivity contribution is 0.0654. The predicted octanol–water partition coefficient (Wildman–Crippen LogP) is 2.09. The Morgan fingerprint density at radius 2 is 1.95 bits per heavy atom. The maximum atomic E-state index is 11.7. The van der Waals surface area contributed by atoms with Gasteiger partial charge in [0.15, 0.2) is 0 Å². The summed E-state index contributed by atoms with van der Waals surface area (Å²) in [6.45, 7) is 6.06. The molecule has 0 aliphatic carbocycles. The van der Waals surface area contributed by atoms with Crippen molar-refractivity contribution in [3.8, 4) is 0 Å². The van der Waals surface area contributed by atoms with Gasteiger partial charge in [-0.1, -0.05) is 18.2 Å². The number of rotatable bonds is 2. The molecule has 1 aromatic rings. The van der Waals surface area contributed by atoms with Crippen LogP contribution in [0.25, 0.3) is 0 Å². The highest BCUT2D eigenvalue weighted by Gasteiger charge is 2.41. The number of carboxylic acid groups (broad SMARTS) is 1. The van der Waals surface area contributed by atoms with Gasteiger partial charge in [0.1, 0.15) is 0 Å². The molecule has 0 aromatic heterocycles. The molecule has 0 spiro atoms. The van der Waals surface area contributed by atoms with Crippen molar-refractivity contribution in [2.24, 2.45) is 0 Å². The van der Waals surface area contributed by atoms with Gasteiger partial charge in [0, 0.05) is 44.0 Å². The predicted molar refractivity (Wildman–Crippen MR) is 82.8 cm³/mol. The zero-order chi connectivity index (χ0) is 14.9. The molecule has 0 radical (unpaired) electrons. The molecule has 1 atom stereocenters. The minimum atomic E-state index is -0.838. The standard InChI is InChI=1S/C16H23N3O2/c1-16(12-17-8-11-19(16)15(20)21)13-6-2-3-7-14(13)18-9-4-5-10-18/h2-3,6-7,17H,4-5,8-12H2,1H3,(H,20,21). The molecule has 1 amide bonds. The first-order valence-electron chi connectivity index (χ1n) is 7.69. The van der Waals surface area contributed by atoms with E-state index in [1.54, 1.807) is 4.90 Å². The van der Waals surface area contributed by atoms with E-state index in [0.717, 1.165) is 18.7 Å². The number of hydrogen-bond acceptors (Lipinski definition) is 3. The molecule has 2 aliphatic heterocycles. The summed E-state index contributed by atoms with van der Waals surface area (Å²) in [5.74, 6) is 0. The van der Waals surface area contributed by atoms with E-state index in [1.165, 1.54) is 18.5 Å². The summed E-state index contributed by atoms with van der Waals surface area (Å²) >= 11 is 0. The van der Waals surface area contributed by atoms with Gasteiger partial charge in [-0.3, -0.25) is 4.90 Å². The monoisotopic (exact) mass is 289 g/mol. The van der Waals surface area contributed by atoms with Gasteiger partial charge in [0.2, 0.25) is 0 Å². The fraction of sp³-hybridized carbons (Fsp3) is 0.562. The third kappa shape index (κ3) is 2.46. The molecule has 114 valence electrons. The molecule has 0 saturated carbocycles. The van der Waals surface area contributed by atoms with Crippen LogP contribution in [0.3, 0.4) is 0 Å². The Hall–Kier alpha value is -1.75. The first kappa shape index (κ1) is 14.2. The normalized spacial score (nSPS) is 26.1. The molecule has 3 rings (SSSR count). The fourth-order valence-electron chi connectivity index (χ4n) is 3.58. The van der Waals surface area contributed by atoms with Crippen LogP contribution in [0.4, 0.5) is 10.5 Å². The molecule has 2 aliphatic rings. The van der Waals surface area contributed by atoms with Gasteiger partial charge in [-0.15, -0.1) is 0 Å². The third-order valence-electron chi connectivity index (χ3n) is 4.74. The number of carbonyl (C=O) groups is 1. The van der Waals surface area contributed by atoms with Crippen LogP contribution in [0.2, 0.25) is 0 Å². The minimum Gasteiger partial charge on any atom is -0.465 e. The Kier molecular flexibility index (Phi) is 3.76. The Balaban J connectivity index is 2.03. The maximum Gasteiger partial charge on any atom is 0.408 e. The van der Waals surface area contributed by atoms with Crippen molar-refractivity contribution in [2.45, 2.75) is 25.3 Å². The van der Waals surface area contributed by atoms with Gasteiger partial charge in [0.25, 0.3) is 0 Å². The molecule has 2 N–H and O–H groups in total. The van der Waals surface area contributed by atoms with E-state index in [2.05, 4.69) is 22.3 Å². The first-order valence-corrected chi connectivity index (χ1v) is 7.69. The maximum absolute atomic E-state index is 11.7. The number of anilines is 1. The lowest BCUT2D eigenvalue weighted by Crippen LogP contribution is -2.59. The quantitative estimate of drug-likeness (QED) is 0.875. The van der Waals surface area contributed by atoms with Crippen LogP contribution in [0, 0.1) is 0 Å². The van der Waals surface area contributed by atoms with Crippen molar-refractivity contribution in [1.29, 1.82) is 0 Å². The van der Waals surface area contributed by atoms with E-state index in [0.29, 0.717) is 19.6 Å². The number of nitrogens with zero attached hydrogens (tertiary/aromatic N) is 2. The molecule has 21 heavy (non-hydrogen) atoms. The summed E-state index contributed by atoms with van der Waals surface area (Å²) in [6, 6.07) is 8.26. The smallest absolute Gasteiger partial charge is 0.408 e. The molecule has 2 heterocycles. The number of piperazine rings is 1. The number of amides is 1. The van der Waals surface area contributed by atoms with Crippen molar-refractivity contribution >= 4 is 11.8 Å². The average Bonchev–Trinajstić information content (AvgIpc) is 3.01. The summed E-state index contributed by atoms with van der Waals surface area (Å²) in [6.07, 6.45) is 1.59. The van der Waals surface area contributed by atoms with E-state index in [9.17, 15) is 9.90 Å². The average molecular weight is 289 g/mol. The van der Waals surface area contributed by atoms with Gasteiger partial charge >= 0.3 is 6.09 Å². The molecular formula is C16H23N3O2. The van der Waals surface area contributed by atoms with Gasteiger partial charge in [-0.25, -0.2) is 4.79 Å². The zero-order valence-corrected chi connectivity index (χ0v) is 12.5. The van der Waals surface area contributed by atoms with Crippen molar-refractivity contribution in [1.82, 2.24) is 10.2 Å². The van der Waals surface area contributed by atoms with E-state index >= 15 is 0 Å². The van der Waals surface area contributed by atoms with Crippen LogP contribution < -0.4 is 10.2 Å². The van der Waals surface area contributed by atoms with E-state index < -0.39 is 11.6 Å². The number of nitrogens with one attached hydrogen (secondary N) is 1. The highest BCUT2D eigenvalue weighted by atomic mass is 16.4. The van der Waals surface area contributed by atoms with E-state index in [1.807, 2.05) is 19.1 Å². The SMILES string of the molecule is CC1(c2ccccc2N2CCCC2)CNCCN1C(=O)O. The number of para-hydroxylation sites is 1. The first-order chi connectivity index (χ1) is 10.1. The van der Waals surface area contributed by atoms with Crippen molar-refractivity contribution in [2.75, 3.05) is 37.6 Å². The summed E-state index contributed by atoms with van der Waals surface area (Å²) in [7, 11) is 0. The zero-order valence-electron chi connectivity index (χ0n) is 12.5. The van der Waals surface area contributed by atoms with Crippen LogP contribution in [0.1, 0.15) is 25.3 Å². The van der Waals surface area contributed by atoms with E-state index in [-0.39, 0.29) is 0 Å². The van der Waals surface area contributed by atoms with Gasteiger partial charge < -0.3 is 15.3 Å². The molecule has 2 saturated heterocycles. The second kappa shape index (κ2) is 5.56. The molecule has 2 fully saturated rings. The molecule has 1 aromatic carbocycles. The van der Waals surface area contributed by atoms with Crippen LogP contribution in [-0.2, 0) is 5.54 Å². The lowest BCUT2D eigenvalue weighted by atomic mass is 9.87. The Morgan fingerprint density at radius 1 is 1.24 bits per heavy atom. The van der Waals surface area contributed by atoms with E-state index in [4.69, 9.17) is 0 Å². The molecular weight excluding hydrogens is 266 g/mol. The van der Waals surface area contributed by atoms with Crippen molar-refractivity contribution < 1.29 is 9.90 Å². The second-order valence-electron chi connectivity index (χ2n) is 6.10. The highest BCUT2D eigenvalue weighted by molar-refractivity contribution is 5.69. The summed E-state index contributed by atoms with van der Waals surface area (Å²) in [4.78, 5) is 15.6. The van der Waals surface area contributed by atoms with Crippen molar-refractivity contribution in [3.05, 3.63) is 29.8 Å². The largest absolute Gasteiger partial charge is 0.465 e. The van der Waals surface area contributed by atoms with Gasteiger partial charge in [0.05, 0.1) is 5.54 Å². The number of benzene rings is 1.